The van der Waals surface area contributed by atoms with E-state index in [1.807, 2.05) is 6.92 Å². The number of imidazole rings is 1. The van der Waals surface area contributed by atoms with Crippen molar-refractivity contribution in [3.05, 3.63) is 77.1 Å². The van der Waals surface area contributed by atoms with Gasteiger partial charge in [0.25, 0.3) is 0 Å². The molecular weight excluding hydrogens is 358 g/mol. The van der Waals surface area contributed by atoms with Crippen molar-refractivity contribution in [1.29, 1.82) is 0 Å². The Hall–Kier alpha value is -2.88. The number of carbonyl (C=O) groups is 1. The lowest BCUT2D eigenvalue weighted by molar-refractivity contribution is -0.116. The molecule has 4 nitrogen and oxygen atoms in total. The number of amides is 1. The van der Waals surface area contributed by atoms with E-state index in [1.165, 1.54) is 22.2 Å². The van der Waals surface area contributed by atoms with E-state index in [9.17, 15) is 4.79 Å². The smallest absolute Gasteiger partial charge is 0.243 e. The largest absolute Gasteiger partial charge is 0.353 e. The van der Waals surface area contributed by atoms with E-state index in [2.05, 4.69) is 66.2 Å². The van der Waals surface area contributed by atoms with Crippen molar-refractivity contribution in [2.24, 2.45) is 0 Å². The molecule has 0 bridgehead atoms. The van der Waals surface area contributed by atoms with Gasteiger partial charge in [-0.15, -0.1) is 0 Å². The third kappa shape index (κ3) is 5.57. The fraction of sp³-hybridized carbons (Fsp3) is 0.360. The molecule has 1 aromatic heterocycles. The maximum absolute atomic E-state index is 11.5. The van der Waals surface area contributed by atoms with Gasteiger partial charge in [-0.05, 0) is 62.9 Å². The van der Waals surface area contributed by atoms with Gasteiger partial charge in [0, 0.05) is 19.5 Å². The number of nitrogens with zero attached hydrogens (tertiary/aromatic N) is 2. The predicted octanol–water partition coefficient (Wildman–Crippen LogP) is 5.11. The molecule has 152 valence electrons. The summed E-state index contributed by atoms with van der Waals surface area (Å²) in [5.41, 5.74) is 6.21. The Morgan fingerprint density at radius 1 is 1.10 bits per heavy atom. The number of hydrogen-bond donors (Lipinski definition) is 1. The summed E-state index contributed by atoms with van der Waals surface area (Å²) in [6.07, 6.45) is 7.40. The van der Waals surface area contributed by atoms with E-state index in [0.29, 0.717) is 0 Å². The fourth-order valence-electron chi connectivity index (χ4n) is 3.64. The molecule has 0 aliphatic heterocycles. The van der Waals surface area contributed by atoms with Crippen LogP contribution in [-0.4, -0.2) is 22.0 Å². The van der Waals surface area contributed by atoms with Crippen LogP contribution in [0.1, 0.15) is 48.7 Å². The second-order valence-electron chi connectivity index (χ2n) is 7.63. The van der Waals surface area contributed by atoms with Crippen molar-refractivity contribution in [2.45, 2.75) is 53.0 Å². The van der Waals surface area contributed by atoms with Crippen molar-refractivity contribution >= 4 is 16.9 Å². The van der Waals surface area contributed by atoms with Gasteiger partial charge in [0.1, 0.15) is 5.82 Å². The lowest BCUT2D eigenvalue weighted by Gasteiger charge is -2.12. The van der Waals surface area contributed by atoms with Gasteiger partial charge in [-0.3, -0.25) is 4.79 Å². The van der Waals surface area contributed by atoms with E-state index in [4.69, 9.17) is 4.98 Å². The Balaban J connectivity index is 1.67. The van der Waals surface area contributed by atoms with Crippen LogP contribution >= 0.6 is 0 Å². The van der Waals surface area contributed by atoms with E-state index < -0.39 is 0 Å². The van der Waals surface area contributed by atoms with Crippen molar-refractivity contribution in [1.82, 2.24) is 14.9 Å². The number of hydrogen-bond acceptors (Lipinski definition) is 2. The Kier molecular flexibility index (Phi) is 7.23. The molecule has 3 rings (SSSR count). The number of aromatic nitrogens is 2. The monoisotopic (exact) mass is 389 g/mol. The van der Waals surface area contributed by atoms with Crippen LogP contribution in [0.25, 0.3) is 11.0 Å². The standard InChI is InChI=1S/C25H31N3O/c1-4-10-25(29)26-16-9-5-6-13-24-27-22-11-7-8-12-23(22)28(24)18-21-17-19(2)14-15-20(21)3/h4,7-8,10-12,14-15,17H,5-6,9,13,16,18H2,1-3H3,(H,26,29)/b10-4+. The van der Waals surface area contributed by atoms with Gasteiger partial charge >= 0.3 is 0 Å². The van der Waals surface area contributed by atoms with Gasteiger partial charge < -0.3 is 9.88 Å². The first kappa shape index (κ1) is 20.8. The molecular formula is C25H31N3O. The normalized spacial score (nSPS) is 11.4. The fourth-order valence-corrected chi connectivity index (χ4v) is 3.64. The lowest BCUT2D eigenvalue weighted by Crippen LogP contribution is -2.21. The van der Waals surface area contributed by atoms with Crippen molar-refractivity contribution < 1.29 is 4.79 Å². The summed E-state index contributed by atoms with van der Waals surface area (Å²) >= 11 is 0. The molecule has 0 aliphatic rings. The van der Waals surface area contributed by atoms with Crippen LogP contribution in [-0.2, 0) is 17.8 Å². The second kappa shape index (κ2) is 10.1. The van der Waals surface area contributed by atoms with Crippen molar-refractivity contribution in [3.8, 4) is 0 Å². The van der Waals surface area contributed by atoms with Crippen LogP contribution in [0.5, 0.6) is 0 Å². The van der Waals surface area contributed by atoms with E-state index >= 15 is 0 Å². The second-order valence-corrected chi connectivity index (χ2v) is 7.63. The summed E-state index contributed by atoms with van der Waals surface area (Å²) in [5.74, 6) is 1.13. The summed E-state index contributed by atoms with van der Waals surface area (Å²) in [7, 11) is 0. The van der Waals surface area contributed by atoms with Crippen molar-refractivity contribution in [2.75, 3.05) is 6.54 Å². The maximum Gasteiger partial charge on any atom is 0.243 e. The summed E-state index contributed by atoms with van der Waals surface area (Å²) in [5, 5.41) is 2.91. The van der Waals surface area contributed by atoms with Gasteiger partial charge in [0.15, 0.2) is 0 Å². The maximum atomic E-state index is 11.5. The Labute approximate surface area is 173 Å². The van der Waals surface area contributed by atoms with Gasteiger partial charge in [0.2, 0.25) is 5.91 Å². The SMILES string of the molecule is C/C=C/C(=O)NCCCCCc1nc2ccccc2n1Cc1cc(C)ccc1C. The molecule has 4 heteroatoms. The van der Waals surface area contributed by atoms with Crippen LogP contribution in [0.4, 0.5) is 0 Å². The number of benzene rings is 2. The molecule has 2 aromatic carbocycles. The molecule has 1 heterocycles. The first-order chi connectivity index (χ1) is 14.1. The van der Waals surface area contributed by atoms with Crippen LogP contribution < -0.4 is 5.32 Å². The molecule has 0 fully saturated rings. The van der Waals surface area contributed by atoms with E-state index in [0.717, 1.165) is 50.1 Å². The number of rotatable bonds is 9. The minimum atomic E-state index is -0.0113. The minimum Gasteiger partial charge on any atom is -0.353 e. The van der Waals surface area contributed by atoms with Crippen LogP contribution in [0.15, 0.2) is 54.6 Å². The number of unbranched alkanes of at least 4 members (excludes halogenated alkanes) is 2. The molecule has 0 atom stereocenters. The molecule has 0 saturated heterocycles. The van der Waals surface area contributed by atoms with Gasteiger partial charge in [0.05, 0.1) is 11.0 Å². The number of allylic oxidation sites excluding steroid dienone is 1. The zero-order valence-corrected chi connectivity index (χ0v) is 17.7. The van der Waals surface area contributed by atoms with Crippen molar-refractivity contribution in [3.63, 3.8) is 0 Å². The molecule has 0 saturated carbocycles. The zero-order valence-electron chi connectivity index (χ0n) is 17.7. The third-order valence-electron chi connectivity index (χ3n) is 5.26. The number of fused-ring (bicyclic) bond motifs is 1. The topological polar surface area (TPSA) is 46.9 Å². The highest BCUT2D eigenvalue weighted by atomic mass is 16.1. The first-order valence-electron chi connectivity index (χ1n) is 10.5. The summed E-state index contributed by atoms with van der Waals surface area (Å²) < 4.78 is 2.37. The molecule has 3 aromatic rings. The van der Waals surface area contributed by atoms with Crippen LogP contribution in [0.2, 0.25) is 0 Å². The van der Waals surface area contributed by atoms with E-state index in [1.54, 1.807) is 12.2 Å². The van der Waals surface area contributed by atoms with Gasteiger partial charge in [-0.2, -0.15) is 0 Å². The summed E-state index contributed by atoms with van der Waals surface area (Å²) in [6.45, 7) is 7.75. The molecule has 1 amide bonds. The Morgan fingerprint density at radius 3 is 2.76 bits per heavy atom. The number of carbonyl (C=O) groups excluding carboxylic acids is 1. The molecule has 0 spiro atoms. The number of nitrogens with one attached hydrogen (secondary N) is 1. The molecule has 1 N–H and O–H groups in total. The van der Waals surface area contributed by atoms with Gasteiger partial charge in [-0.25, -0.2) is 4.98 Å². The lowest BCUT2D eigenvalue weighted by atomic mass is 10.1. The minimum absolute atomic E-state index is 0.0113. The average molecular weight is 390 g/mol. The quantitative estimate of drug-likeness (QED) is 0.408. The van der Waals surface area contributed by atoms with E-state index in [-0.39, 0.29) is 5.91 Å². The molecule has 0 unspecified atom stereocenters. The third-order valence-corrected chi connectivity index (χ3v) is 5.26. The molecule has 0 radical (unpaired) electrons. The Morgan fingerprint density at radius 2 is 1.93 bits per heavy atom. The summed E-state index contributed by atoms with van der Waals surface area (Å²) in [6, 6.07) is 15.0. The molecule has 0 aliphatic carbocycles. The van der Waals surface area contributed by atoms with Gasteiger partial charge in [-0.1, -0.05) is 48.4 Å². The summed E-state index contributed by atoms with van der Waals surface area (Å²) in [4.78, 5) is 16.4. The highest BCUT2D eigenvalue weighted by Crippen LogP contribution is 2.21. The average Bonchev–Trinajstić information content (AvgIpc) is 3.05. The number of para-hydroxylation sites is 2. The molecule has 29 heavy (non-hydrogen) atoms. The highest BCUT2D eigenvalue weighted by molar-refractivity contribution is 5.87. The van der Waals surface area contributed by atoms with Crippen LogP contribution in [0, 0.1) is 13.8 Å². The predicted molar refractivity (Wildman–Crippen MR) is 120 cm³/mol. The van der Waals surface area contributed by atoms with Crippen LogP contribution in [0.3, 0.4) is 0 Å². The number of aryl methyl sites for hydroxylation is 3. The zero-order chi connectivity index (χ0) is 20.6. The first-order valence-corrected chi connectivity index (χ1v) is 10.5. The Bertz CT molecular complexity index is 1000. The highest BCUT2D eigenvalue weighted by Gasteiger charge is 2.12.